The first-order valence-corrected chi connectivity index (χ1v) is 8.12. The number of amides is 1. The second-order valence-electron chi connectivity index (χ2n) is 6.63. The van der Waals surface area contributed by atoms with E-state index < -0.39 is 11.5 Å². The van der Waals surface area contributed by atoms with Crippen LogP contribution in [0.2, 0.25) is 0 Å². The second kappa shape index (κ2) is 7.02. The van der Waals surface area contributed by atoms with Crippen molar-refractivity contribution in [1.29, 1.82) is 0 Å². The number of aryl methyl sites for hydroxylation is 1. The highest BCUT2D eigenvalue weighted by atomic mass is 16.5. The van der Waals surface area contributed by atoms with Crippen molar-refractivity contribution in [3.05, 3.63) is 29.3 Å². The summed E-state index contributed by atoms with van der Waals surface area (Å²) in [5, 5.41) is 12.1. The molecule has 0 spiro atoms. The minimum Gasteiger partial charge on any atom is -0.483 e. The van der Waals surface area contributed by atoms with Crippen molar-refractivity contribution >= 4 is 11.9 Å². The molecular formula is C18H25NO4. The number of aliphatic carboxylic acids is 1. The molecule has 1 aliphatic carbocycles. The van der Waals surface area contributed by atoms with E-state index in [2.05, 4.69) is 19.2 Å². The first kappa shape index (κ1) is 17.3. The average molecular weight is 319 g/mol. The molecule has 23 heavy (non-hydrogen) atoms. The van der Waals surface area contributed by atoms with Gasteiger partial charge in [0.2, 0.25) is 0 Å². The van der Waals surface area contributed by atoms with Crippen molar-refractivity contribution in [3.8, 4) is 5.75 Å². The van der Waals surface area contributed by atoms with E-state index in [0.717, 1.165) is 24.0 Å². The van der Waals surface area contributed by atoms with Crippen LogP contribution in [0.15, 0.2) is 18.2 Å². The zero-order chi connectivity index (χ0) is 17.0. The third-order valence-electron chi connectivity index (χ3n) is 4.40. The highest BCUT2D eigenvalue weighted by molar-refractivity contribution is 5.88. The fraction of sp³-hybridized carbons (Fsp3) is 0.556. The molecule has 0 unspecified atom stereocenters. The average Bonchev–Trinajstić information content (AvgIpc) is 2.94. The van der Waals surface area contributed by atoms with Crippen molar-refractivity contribution in [2.24, 2.45) is 0 Å². The first-order chi connectivity index (χ1) is 10.8. The maximum absolute atomic E-state index is 12.1. The SMILES string of the molecule is Cc1ccc(C(C)C)c(OCC(=O)NC2(C(=O)O)CCCC2)c1. The van der Waals surface area contributed by atoms with Gasteiger partial charge in [-0.25, -0.2) is 4.79 Å². The predicted octanol–water partition coefficient (Wildman–Crippen LogP) is 3.01. The van der Waals surface area contributed by atoms with Crippen molar-refractivity contribution in [2.75, 3.05) is 6.61 Å². The number of carbonyl (C=O) groups excluding carboxylic acids is 1. The van der Waals surface area contributed by atoms with Crippen LogP contribution in [-0.4, -0.2) is 29.1 Å². The monoisotopic (exact) mass is 319 g/mol. The van der Waals surface area contributed by atoms with E-state index in [-0.39, 0.29) is 18.4 Å². The zero-order valence-corrected chi connectivity index (χ0v) is 14.0. The number of hydrogen-bond donors (Lipinski definition) is 2. The Morgan fingerprint density at radius 2 is 1.96 bits per heavy atom. The Morgan fingerprint density at radius 1 is 1.30 bits per heavy atom. The lowest BCUT2D eigenvalue weighted by atomic mass is 9.98. The topological polar surface area (TPSA) is 75.6 Å². The summed E-state index contributed by atoms with van der Waals surface area (Å²) >= 11 is 0. The van der Waals surface area contributed by atoms with Crippen molar-refractivity contribution in [1.82, 2.24) is 5.32 Å². The van der Waals surface area contributed by atoms with Gasteiger partial charge in [-0.3, -0.25) is 4.79 Å². The quantitative estimate of drug-likeness (QED) is 0.845. The van der Waals surface area contributed by atoms with Crippen LogP contribution in [0.5, 0.6) is 5.75 Å². The van der Waals surface area contributed by atoms with Gasteiger partial charge >= 0.3 is 5.97 Å². The number of nitrogens with one attached hydrogen (secondary N) is 1. The minimum absolute atomic E-state index is 0.168. The highest BCUT2D eigenvalue weighted by Crippen LogP contribution is 2.30. The Labute approximate surface area is 137 Å². The molecule has 1 aromatic carbocycles. The van der Waals surface area contributed by atoms with Crippen LogP contribution >= 0.6 is 0 Å². The molecule has 0 aliphatic heterocycles. The van der Waals surface area contributed by atoms with E-state index in [0.29, 0.717) is 18.6 Å². The van der Waals surface area contributed by atoms with Crippen LogP contribution in [0.3, 0.4) is 0 Å². The summed E-state index contributed by atoms with van der Waals surface area (Å²) in [5.41, 5.74) is 0.980. The van der Waals surface area contributed by atoms with Crippen LogP contribution in [0.1, 0.15) is 56.6 Å². The van der Waals surface area contributed by atoms with Gasteiger partial charge in [-0.2, -0.15) is 0 Å². The molecular weight excluding hydrogens is 294 g/mol. The molecule has 0 aromatic heterocycles. The number of rotatable bonds is 6. The molecule has 0 heterocycles. The summed E-state index contributed by atoms with van der Waals surface area (Å²) in [5.74, 6) is -0.368. The van der Waals surface area contributed by atoms with Gasteiger partial charge in [0.05, 0.1) is 0 Å². The van der Waals surface area contributed by atoms with Crippen LogP contribution in [0, 0.1) is 6.92 Å². The molecule has 2 rings (SSSR count). The number of hydrogen-bond acceptors (Lipinski definition) is 3. The van der Waals surface area contributed by atoms with Crippen LogP contribution in [-0.2, 0) is 9.59 Å². The number of carboxylic acid groups (broad SMARTS) is 1. The summed E-state index contributed by atoms with van der Waals surface area (Å²) in [6, 6.07) is 5.92. The third-order valence-corrected chi connectivity index (χ3v) is 4.40. The summed E-state index contributed by atoms with van der Waals surface area (Å²) in [6.45, 7) is 5.93. The number of carbonyl (C=O) groups is 2. The van der Waals surface area contributed by atoms with Crippen LogP contribution < -0.4 is 10.1 Å². The smallest absolute Gasteiger partial charge is 0.329 e. The van der Waals surface area contributed by atoms with E-state index >= 15 is 0 Å². The van der Waals surface area contributed by atoms with Crippen molar-refractivity contribution in [3.63, 3.8) is 0 Å². The number of carboxylic acids is 1. The molecule has 2 N–H and O–H groups in total. The maximum Gasteiger partial charge on any atom is 0.329 e. The fourth-order valence-corrected chi connectivity index (χ4v) is 3.06. The molecule has 1 aromatic rings. The van der Waals surface area contributed by atoms with Gasteiger partial charge in [0.1, 0.15) is 11.3 Å². The minimum atomic E-state index is -1.12. The molecule has 0 radical (unpaired) electrons. The van der Waals surface area contributed by atoms with Gasteiger partial charge in [0.25, 0.3) is 5.91 Å². The summed E-state index contributed by atoms with van der Waals surface area (Å²) in [7, 11) is 0. The van der Waals surface area contributed by atoms with Gasteiger partial charge in [-0.15, -0.1) is 0 Å². The van der Waals surface area contributed by atoms with Crippen molar-refractivity contribution < 1.29 is 19.4 Å². The Morgan fingerprint density at radius 3 is 2.52 bits per heavy atom. The van der Waals surface area contributed by atoms with Gasteiger partial charge < -0.3 is 15.2 Å². The van der Waals surface area contributed by atoms with Crippen LogP contribution in [0.25, 0.3) is 0 Å². The van der Waals surface area contributed by atoms with E-state index in [1.54, 1.807) is 0 Å². The van der Waals surface area contributed by atoms with Gasteiger partial charge in [-0.05, 0) is 42.9 Å². The molecule has 0 atom stereocenters. The van der Waals surface area contributed by atoms with Gasteiger partial charge in [-0.1, -0.05) is 38.8 Å². The maximum atomic E-state index is 12.1. The lowest BCUT2D eigenvalue weighted by molar-refractivity contribution is -0.147. The lowest BCUT2D eigenvalue weighted by Crippen LogP contribution is -2.53. The molecule has 1 saturated carbocycles. The molecule has 5 nitrogen and oxygen atoms in total. The molecule has 1 aliphatic rings. The largest absolute Gasteiger partial charge is 0.483 e. The zero-order valence-electron chi connectivity index (χ0n) is 14.0. The molecule has 1 fully saturated rings. The molecule has 5 heteroatoms. The summed E-state index contributed by atoms with van der Waals surface area (Å²) in [4.78, 5) is 23.6. The molecule has 0 saturated heterocycles. The van der Waals surface area contributed by atoms with E-state index in [9.17, 15) is 14.7 Å². The lowest BCUT2D eigenvalue weighted by Gasteiger charge is -2.25. The third kappa shape index (κ3) is 4.03. The Balaban J connectivity index is 2.02. The fourth-order valence-electron chi connectivity index (χ4n) is 3.06. The molecule has 1 amide bonds. The molecule has 126 valence electrons. The van der Waals surface area contributed by atoms with Crippen molar-refractivity contribution in [2.45, 2.75) is 57.9 Å². The van der Waals surface area contributed by atoms with Crippen LogP contribution in [0.4, 0.5) is 0 Å². The normalized spacial score (nSPS) is 16.3. The Bertz CT molecular complexity index is 589. The number of benzene rings is 1. The van der Waals surface area contributed by atoms with Gasteiger partial charge in [0.15, 0.2) is 6.61 Å². The van der Waals surface area contributed by atoms with E-state index in [4.69, 9.17) is 4.74 Å². The summed E-state index contributed by atoms with van der Waals surface area (Å²) in [6.07, 6.45) is 2.61. The Hall–Kier alpha value is -2.04. The summed E-state index contributed by atoms with van der Waals surface area (Å²) < 4.78 is 5.67. The predicted molar refractivity (Wildman–Crippen MR) is 87.7 cm³/mol. The van der Waals surface area contributed by atoms with E-state index in [1.165, 1.54) is 0 Å². The highest BCUT2D eigenvalue weighted by Gasteiger charge is 2.42. The second-order valence-corrected chi connectivity index (χ2v) is 6.63. The van der Waals surface area contributed by atoms with E-state index in [1.807, 2.05) is 25.1 Å². The number of ether oxygens (including phenoxy) is 1. The molecule has 0 bridgehead atoms. The first-order valence-electron chi connectivity index (χ1n) is 8.12. The van der Waals surface area contributed by atoms with Gasteiger partial charge in [0, 0.05) is 0 Å². The Kier molecular flexibility index (Phi) is 5.29. The standard InChI is InChI=1S/C18H25NO4/c1-12(2)14-7-6-13(3)10-15(14)23-11-16(20)19-18(17(21)22)8-4-5-9-18/h6-7,10,12H,4-5,8-9,11H2,1-3H3,(H,19,20)(H,21,22).